The Morgan fingerprint density at radius 2 is 1.47 bits per heavy atom. The van der Waals surface area contributed by atoms with Crippen molar-refractivity contribution in [1.82, 2.24) is 20.4 Å². The Bertz CT molecular complexity index is 468. The highest BCUT2D eigenvalue weighted by Crippen LogP contribution is 2.18. The van der Waals surface area contributed by atoms with E-state index in [1.165, 1.54) is 0 Å². The fourth-order valence-electron chi connectivity index (χ4n) is 0.683. The van der Waals surface area contributed by atoms with Gasteiger partial charge in [-0.2, -0.15) is 0 Å². The maximum atomic E-state index is 5.35. The zero-order chi connectivity index (χ0) is 12.8. The maximum Gasteiger partial charge on any atom is 0.160 e. The first kappa shape index (κ1) is 14.3. The van der Waals surface area contributed by atoms with E-state index in [0.29, 0.717) is 20.8 Å². The van der Waals surface area contributed by atoms with Crippen LogP contribution >= 0.6 is 47.8 Å². The summed E-state index contributed by atoms with van der Waals surface area (Å²) in [5, 5.41) is 14.4. The molecule has 2 rings (SSSR count). The summed E-state index contributed by atoms with van der Waals surface area (Å²) in [5.41, 5.74) is 10.6. The van der Waals surface area contributed by atoms with E-state index >= 15 is 0 Å². The zero-order valence-electron chi connectivity index (χ0n) is 8.31. The lowest BCUT2D eigenvalue weighted by Crippen LogP contribution is -1.93. The SMILES string of the molecule is Nc1ccc(Br)nn1.Nc1nnc(Br)cc1Br. The Balaban J connectivity index is 0.000000171. The third kappa shape index (κ3) is 5.37. The minimum absolute atomic E-state index is 0.401. The first-order valence-corrected chi connectivity index (χ1v) is 6.56. The Kier molecular flexibility index (Phi) is 5.72. The summed E-state index contributed by atoms with van der Waals surface area (Å²) >= 11 is 9.44. The Morgan fingerprint density at radius 3 is 1.88 bits per heavy atom. The first-order valence-electron chi connectivity index (χ1n) is 4.18. The van der Waals surface area contributed by atoms with Crippen molar-refractivity contribution in [1.29, 1.82) is 0 Å². The van der Waals surface area contributed by atoms with Crippen LogP contribution < -0.4 is 11.5 Å². The molecule has 0 saturated heterocycles. The molecule has 0 amide bonds. The van der Waals surface area contributed by atoms with Crippen LogP contribution in [0.2, 0.25) is 0 Å². The van der Waals surface area contributed by atoms with Gasteiger partial charge in [0.25, 0.3) is 0 Å². The fraction of sp³-hybridized carbons (Fsp3) is 0. The second kappa shape index (κ2) is 6.82. The predicted octanol–water partition coefficient (Wildman–Crippen LogP) is 2.41. The second-order valence-corrected chi connectivity index (χ2v) is 5.16. The van der Waals surface area contributed by atoms with E-state index in [1.54, 1.807) is 18.2 Å². The molecule has 2 aromatic heterocycles. The number of rotatable bonds is 0. The van der Waals surface area contributed by atoms with Crippen LogP contribution in [0.25, 0.3) is 0 Å². The van der Waals surface area contributed by atoms with Crippen molar-refractivity contribution >= 4 is 59.4 Å². The van der Waals surface area contributed by atoms with Gasteiger partial charge < -0.3 is 11.5 Å². The minimum Gasteiger partial charge on any atom is -0.382 e. The van der Waals surface area contributed by atoms with Crippen molar-refractivity contribution in [2.24, 2.45) is 0 Å². The molecule has 0 spiro atoms. The van der Waals surface area contributed by atoms with Crippen LogP contribution in [0.5, 0.6) is 0 Å². The summed E-state index contributed by atoms with van der Waals surface area (Å²) < 4.78 is 2.12. The van der Waals surface area contributed by atoms with Gasteiger partial charge in [0.1, 0.15) is 15.0 Å². The van der Waals surface area contributed by atoms with Crippen molar-refractivity contribution in [2.45, 2.75) is 0 Å². The molecule has 6 nitrogen and oxygen atoms in total. The molecule has 2 heterocycles. The number of nitrogen functional groups attached to an aromatic ring is 2. The number of nitrogens with zero attached hydrogens (tertiary/aromatic N) is 4. The van der Waals surface area contributed by atoms with Gasteiger partial charge in [0.05, 0.1) is 4.47 Å². The van der Waals surface area contributed by atoms with Gasteiger partial charge in [-0.15, -0.1) is 20.4 Å². The number of nitrogens with two attached hydrogens (primary N) is 2. The molecule has 0 saturated carbocycles. The number of hydrogen-bond donors (Lipinski definition) is 2. The summed E-state index contributed by atoms with van der Waals surface area (Å²) in [6, 6.07) is 5.15. The lowest BCUT2D eigenvalue weighted by Gasteiger charge is -1.92. The minimum atomic E-state index is 0.401. The Hall–Kier alpha value is -0.800. The third-order valence-corrected chi connectivity index (χ3v) is 2.84. The molecule has 0 atom stereocenters. The molecule has 17 heavy (non-hydrogen) atoms. The number of aromatic nitrogens is 4. The molecule has 0 aliphatic carbocycles. The van der Waals surface area contributed by atoms with Crippen LogP contribution in [0.1, 0.15) is 0 Å². The average Bonchev–Trinajstić information content (AvgIpc) is 2.29. The van der Waals surface area contributed by atoms with Crippen LogP contribution in [0.3, 0.4) is 0 Å². The highest BCUT2D eigenvalue weighted by molar-refractivity contribution is 9.11. The molecule has 2 aromatic rings. The van der Waals surface area contributed by atoms with Gasteiger partial charge in [-0.25, -0.2) is 0 Å². The fourth-order valence-corrected chi connectivity index (χ4v) is 1.81. The van der Waals surface area contributed by atoms with Crippen molar-refractivity contribution in [2.75, 3.05) is 11.5 Å². The molecule has 90 valence electrons. The van der Waals surface area contributed by atoms with E-state index in [2.05, 4.69) is 68.2 Å². The molecular weight excluding hydrogens is 420 g/mol. The summed E-state index contributed by atoms with van der Waals surface area (Å²) in [6.07, 6.45) is 0. The second-order valence-electron chi connectivity index (χ2n) is 2.68. The van der Waals surface area contributed by atoms with E-state index in [9.17, 15) is 0 Å². The van der Waals surface area contributed by atoms with Crippen molar-refractivity contribution in [3.8, 4) is 0 Å². The number of anilines is 2. The normalized spacial score (nSPS) is 9.35. The van der Waals surface area contributed by atoms with Crippen molar-refractivity contribution in [3.05, 3.63) is 31.9 Å². The van der Waals surface area contributed by atoms with E-state index < -0.39 is 0 Å². The molecule has 0 aliphatic heterocycles. The van der Waals surface area contributed by atoms with E-state index in [0.717, 1.165) is 4.47 Å². The molecule has 0 bridgehead atoms. The predicted molar refractivity (Wildman–Crippen MR) is 76.0 cm³/mol. The van der Waals surface area contributed by atoms with Crippen molar-refractivity contribution in [3.63, 3.8) is 0 Å². The van der Waals surface area contributed by atoms with E-state index in [4.69, 9.17) is 11.5 Å². The number of hydrogen-bond acceptors (Lipinski definition) is 6. The van der Waals surface area contributed by atoms with Crippen LogP contribution in [-0.2, 0) is 0 Å². The third-order valence-electron chi connectivity index (χ3n) is 1.40. The average molecular weight is 427 g/mol. The van der Waals surface area contributed by atoms with Gasteiger partial charge in [0, 0.05) is 0 Å². The van der Waals surface area contributed by atoms with Crippen LogP contribution in [0, 0.1) is 0 Å². The highest BCUT2D eigenvalue weighted by Gasteiger charge is 1.96. The summed E-state index contributed by atoms with van der Waals surface area (Å²) in [7, 11) is 0. The van der Waals surface area contributed by atoms with Gasteiger partial charge in [-0.1, -0.05) is 0 Å². The van der Waals surface area contributed by atoms with E-state index in [1.807, 2.05) is 0 Å². The molecular formula is C8H7Br3N6. The lowest BCUT2D eigenvalue weighted by molar-refractivity contribution is 1.01. The van der Waals surface area contributed by atoms with Crippen molar-refractivity contribution < 1.29 is 0 Å². The monoisotopic (exact) mass is 424 g/mol. The van der Waals surface area contributed by atoms with Gasteiger partial charge in [-0.05, 0) is 66.0 Å². The molecule has 0 aromatic carbocycles. The van der Waals surface area contributed by atoms with Gasteiger partial charge in [0.2, 0.25) is 0 Å². The van der Waals surface area contributed by atoms with E-state index in [-0.39, 0.29) is 0 Å². The van der Waals surface area contributed by atoms with Gasteiger partial charge >= 0.3 is 0 Å². The van der Waals surface area contributed by atoms with Crippen LogP contribution in [0.15, 0.2) is 31.9 Å². The lowest BCUT2D eigenvalue weighted by atomic mass is 10.5. The van der Waals surface area contributed by atoms with Gasteiger partial charge in [-0.3, -0.25) is 0 Å². The Morgan fingerprint density at radius 1 is 0.824 bits per heavy atom. The smallest absolute Gasteiger partial charge is 0.160 e. The summed E-state index contributed by atoms with van der Waals surface area (Å²) in [4.78, 5) is 0. The number of halogens is 3. The first-order chi connectivity index (χ1) is 7.99. The van der Waals surface area contributed by atoms with Crippen LogP contribution in [0.4, 0.5) is 11.6 Å². The Labute approximate surface area is 123 Å². The highest BCUT2D eigenvalue weighted by atomic mass is 79.9. The molecule has 0 unspecified atom stereocenters. The molecule has 0 radical (unpaired) electrons. The zero-order valence-corrected chi connectivity index (χ0v) is 13.1. The standard InChI is InChI=1S/C4H3Br2N3.C4H4BrN3/c5-2-1-3(6)8-9-4(2)7;5-3-1-2-4(6)8-7-3/h1H,(H2,7,9);1-2H,(H2,6,8). The summed E-state index contributed by atoms with van der Waals surface area (Å²) in [6.45, 7) is 0. The largest absolute Gasteiger partial charge is 0.382 e. The molecule has 4 N–H and O–H groups in total. The molecule has 9 heteroatoms. The van der Waals surface area contributed by atoms with Crippen LogP contribution in [-0.4, -0.2) is 20.4 Å². The van der Waals surface area contributed by atoms with Gasteiger partial charge in [0.15, 0.2) is 5.82 Å². The molecule has 0 fully saturated rings. The topological polar surface area (TPSA) is 104 Å². The summed E-state index contributed by atoms with van der Waals surface area (Å²) in [5.74, 6) is 0.839. The quantitative estimate of drug-likeness (QED) is 0.670. The molecule has 0 aliphatic rings. The maximum absolute atomic E-state index is 5.35.